The van der Waals surface area contributed by atoms with Crippen LogP contribution >= 0.6 is 0 Å². The van der Waals surface area contributed by atoms with Gasteiger partial charge in [-0.15, -0.1) is 0 Å². The molecule has 1 unspecified atom stereocenters. The maximum Gasteiger partial charge on any atom is 0.248 e. The molecule has 2 rings (SSSR count). The minimum Gasteiger partial charge on any atom is -0.207 e. The molecular formula is C19H36F2. The van der Waals surface area contributed by atoms with Crippen LogP contribution in [0.2, 0.25) is 0 Å². The van der Waals surface area contributed by atoms with Crippen molar-refractivity contribution in [2.45, 2.75) is 97.8 Å². The third kappa shape index (κ3) is 7.10. The number of halogens is 2. The molecule has 2 heteroatoms. The third-order valence-corrected chi connectivity index (χ3v) is 5.80. The first-order chi connectivity index (χ1) is 9.85. The van der Waals surface area contributed by atoms with Crippen LogP contribution in [0.1, 0.15) is 91.9 Å². The Morgan fingerprint density at radius 3 is 1.81 bits per heavy atom. The lowest BCUT2D eigenvalue weighted by Gasteiger charge is -2.30. The Hall–Kier alpha value is -0.140. The molecule has 0 heterocycles. The smallest absolute Gasteiger partial charge is 0.207 e. The third-order valence-electron chi connectivity index (χ3n) is 5.80. The topological polar surface area (TPSA) is 0 Å². The van der Waals surface area contributed by atoms with Crippen LogP contribution in [0.3, 0.4) is 0 Å². The largest absolute Gasteiger partial charge is 0.248 e. The maximum absolute atomic E-state index is 12.6. The first kappa shape index (κ1) is 18.9. The highest BCUT2D eigenvalue weighted by Crippen LogP contribution is 2.38. The van der Waals surface area contributed by atoms with E-state index in [0.29, 0.717) is 24.7 Å². The lowest BCUT2D eigenvalue weighted by atomic mass is 9.80. The van der Waals surface area contributed by atoms with Crippen molar-refractivity contribution < 1.29 is 8.78 Å². The van der Waals surface area contributed by atoms with Gasteiger partial charge in [0.1, 0.15) is 0 Å². The summed E-state index contributed by atoms with van der Waals surface area (Å²) in [5.74, 6) is 0.811. The molecule has 2 fully saturated rings. The molecule has 0 saturated heterocycles. The number of rotatable bonds is 3. The highest BCUT2D eigenvalue weighted by molar-refractivity contribution is 4.78. The molecule has 0 radical (unpaired) electrons. The standard InChI is InChI=1S/C10H20.C9H16F2/c1-3-9(2)10-7-5-4-6-8-10;1-7(2)8-3-5-9(10,11)6-4-8/h9-10H,3-8H2,1-2H3;7-8H,3-6H2,1-2H3. The van der Waals surface area contributed by atoms with Gasteiger partial charge in [0, 0.05) is 12.8 Å². The molecule has 0 nitrogen and oxygen atoms in total. The van der Waals surface area contributed by atoms with Gasteiger partial charge in [-0.3, -0.25) is 0 Å². The van der Waals surface area contributed by atoms with Crippen LogP contribution in [0.4, 0.5) is 8.78 Å². The van der Waals surface area contributed by atoms with Gasteiger partial charge < -0.3 is 0 Å². The SMILES string of the molecule is CC(C)C1CCC(F)(F)CC1.CCC(C)C1CCCCC1. The summed E-state index contributed by atoms with van der Waals surface area (Å²) < 4.78 is 25.3. The quantitative estimate of drug-likeness (QED) is 0.522. The lowest BCUT2D eigenvalue weighted by molar-refractivity contribution is -0.0504. The molecule has 0 N–H and O–H groups in total. The highest BCUT2D eigenvalue weighted by Gasteiger charge is 2.35. The molecule has 2 aliphatic carbocycles. The van der Waals surface area contributed by atoms with E-state index in [9.17, 15) is 8.78 Å². The summed E-state index contributed by atoms with van der Waals surface area (Å²) in [6.07, 6.45) is 10.5. The van der Waals surface area contributed by atoms with E-state index in [2.05, 4.69) is 27.7 Å². The molecule has 2 saturated carbocycles. The van der Waals surface area contributed by atoms with E-state index in [1.807, 2.05) is 0 Å². The lowest BCUT2D eigenvalue weighted by Crippen LogP contribution is -2.26. The Morgan fingerprint density at radius 2 is 1.38 bits per heavy atom. The summed E-state index contributed by atoms with van der Waals surface area (Å²) in [6, 6.07) is 0. The van der Waals surface area contributed by atoms with E-state index in [1.165, 1.54) is 38.5 Å². The predicted molar refractivity (Wildman–Crippen MR) is 87.8 cm³/mol. The van der Waals surface area contributed by atoms with E-state index >= 15 is 0 Å². The van der Waals surface area contributed by atoms with Crippen molar-refractivity contribution in [2.24, 2.45) is 23.7 Å². The van der Waals surface area contributed by atoms with E-state index < -0.39 is 5.92 Å². The van der Waals surface area contributed by atoms with Crippen LogP contribution in [0.25, 0.3) is 0 Å². The fourth-order valence-electron chi connectivity index (χ4n) is 3.77. The van der Waals surface area contributed by atoms with Crippen LogP contribution in [-0.2, 0) is 0 Å². The molecule has 1 atom stereocenters. The van der Waals surface area contributed by atoms with Crippen molar-refractivity contribution in [1.82, 2.24) is 0 Å². The van der Waals surface area contributed by atoms with Gasteiger partial charge in [-0.05, 0) is 36.5 Å². The number of alkyl halides is 2. The first-order valence-electron chi connectivity index (χ1n) is 9.23. The van der Waals surface area contributed by atoms with Crippen molar-refractivity contribution in [3.8, 4) is 0 Å². The van der Waals surface area contributed by atoms with Gasteiger partial charge in [-0.1, -0.05) is 66.2 Å². The number of hydrogen-bond donors (Lipinski definition) is 0. The molecule has 0 aromatic rings. The Bertz CT molecular complexity index is 257. The molecule has 0 amide bonds. The Labute approximate surface area is 131 Å². The summed E-state index contributed by atoms with van der Waals surface area (Å²) in [6.45, 7) is 8.97. The molecule has 0 spiro atoms. The molecule has 2 aliphatic rings. The van der Waals surface area contributed by atoms with Crippen LogP contribution in [0, 0.1) is 23.7 Å². The number of hydrogen-bond acceptors (Lipinski definition) is 0. The predicted octanol–water partition coefficient (Wildman–Crippen LogP) is 7.08. The summed E-state index contributed by atoms with van der Waals surface area (Å²) >= 11 is 0. The molecular weight excluding hydrogens is 266 g/mol. The summed E-state index contributed by atoms with van der Waals surface area (Å²) in [5.41, 5.74) is 0. The van der Waals surface area contributed by atoms with Crippen LogP contribution in [-0.4, -0.2) is 5.92 Å². The average molecular weight is 302 g/mol. The van der Waals surface area contributed by atoms with E-state index in [0.717, 1.165) is 11.8 Å². The Kier molecular flexibility index (Phi) is 8.19. The van der Waals surface area contributed by atoms with Gasteiger partial charge in [0.15, 0.2) is 0 Å². The minimum absolute atomic E-state index is 0.107. The summed E-state index contributed by atoms with van der Waals surface area (Å²) in [4.78, 5) is 0. The molecule has 126 valence electrons. The molecule has 0 aliphatic heterocycles. The van der Waals surface area contributed by atoms with Crippen molar-refractivity contribution >= 4 is 0 Å². The van der Waals surface area contributed by atoms with Gasteiger partial charge in [0.25, 0.3) is 0 Å². The van der Waals surface area contributed by atoms with Crippen molar-refractivity contribution in [3.63, 3.8) is 0 Å². The second kappa shape index (κ2) is 9.10. The second-order valence-corrected chi connectivity index (χ2v) is 7.72. The van der Waals surface area contributed by atoms with Gasteiger partial charge in [0.05, 0.1) is 0 Å². The Balaban J connectivity index is 0.000000211. The molecule has 0 aromatic heterocycles. The van der Waals surface area contributed by atoms with Gasteiger partial charge >= 0.3 is 0 Å². The van der Waals surface area contributed by atoms with Gasteiger partial charge in [0.2, 0.25) is 5.92 Å². The maximum atomic E-state index is 12.6. The minimum atomic E-state index is -2.36. The van der Waals surface area contributed by atoms with E-state index in [4.69, 9.17) is 0 Å². The van der Waals surface area contributed by atoms with Crippen molar-refractivity contribution in [2.75, 3.05) is 0 Å². The highest BCUT2D eigenvalue weighted by atomic mass is 19.3. The van der Waals surface area contributed by atoms with Crippen molar-refractivity contribution in [3.05, 3.63) is 0 Å². The normalized spacial score (nSPS) is 25.3. The monoisotopic (exact) mass is 302 g/mol. The summed E-state index contributed by atoms with van der Waals surface area (Å²) in [5, 5.41) is 0. The van der Waals surface area contributed by atoms with Gasteiger partial charge in [-0.25, -0.2) is 8.78 Å². The molecule has 21 heavy (non-hydrogen) atoms. The van der Waals surface area contributed by atoms with E-state index in [1.54, 1.807) is 0 Å². The van der Waals surface area contributed by atoms with E-state index in [-0.39, 0.29) is 12.8 Å². The molecule has 0 aromatic carbocycles. The molecule has 0 bridgehead atoms. The van der Waals surface area contributed by atoms with Crippen molar-refractivity contribution in [1.29, 1.82) is 0 Å². The average Bonchev–Trinajstić information content (AvgIpc) is 2.47. The summed E-state index contributed by atoms with van der Waals surface area (Å²) in [7, 11) is 0. The van der Waals surface area contributed by atoms with Crippen LogP contribution in [0.5, 0.6) is 0 Å². The Morgan fingerprint density at radius 1 is 0.857 bits per heavy atom. The van der Waals surface area contributed by atoms with Crippen LogP contribution < -0.4 is 0 Å². The fraction of sp³-hybridized carbons (Fsp3) is 1.00. The zero-order valence-electron chi connectivity index (χ0n) is 14.6. The fourth-order valence-corrected chi connectivity index (χ4v) is 3.77. The zero-order valence-corrected chi connectivity index (χ0v) is 14.6. The van der Waals surface area contributed by atoms with Crippen LogP contribution in [0.15, 0.2) is 0 Å². The van der Waals surface area contributed by atoms with Gasteiger partial charge in [-0.2, -0.15) is 0 Å². The first-order valence-corrected chi connectivity index (χ1v) is 9.23. The second-order valence-electron chi connectivity index (χ2n) is 7.72. The zero-order chi connectivity index (χ0) is 15.9.